The van der Waals surface area contributed by atoms with E-state index >= 15 is 0 Å². The number of cyclic esters (lactones) is 1. The molecule has 32 heavy (non-hydrogen) atoms. The first-order chi connectivity index (χ1) is 15.4. The Bertz CT molecular complexity index is 574. The predicted molar refractivity (Wildman–Crippen MR) is 120 cm³/mol. The minimum atomic E-state index is -1.98. The van der Waals surface area contributed by atoms with E-state index in [1.165, 1.54) is 70.6 Å². The summed E-state index contributed by atoms with van der Waals surface area (Å²) in [6.45, 7) is 2.24. The van der Waals surface area contributed by atoms with Gasteiger partial charge in [0.25, 0.3) is 0 Å². The summed E-state index contributed by atoms with van der Waals surface area (Å²) in [7, 11) is 0. The Morgan fingerprint density at radius 1 is 0.844 bits per heavy atom. The fourth-order valence-electron chi connectivity index (χ4n) is 3.75. The van der Waals surface area contributed by atoms with Gasteiger partial charge >= 0.3 is 11.9 Å². The quantitative estimate of drug-likeness (QED) is 0.124. The first kappa shape index (κ1) is 28.2. The lowest BCUT2D eigenvalue weighted by Crippen LogP contribution is -2.41. The lowest BCUT2D eigenvalue weighted by atomic mass is 10.0. The second-order valence-corrected chi connectivity index (χ2v) is 8.63. The van der Waals surface area contributed by atoms with Crippen molar-refractivity contribution in [2.24, 2.45) is 0 Å². The molecule has 1 aliphatic heterocycles. The van der Waals surface area contributed by atoms with Gasteiger partial charge in [-0.3, -0.25) is 4.79 Å². The number of unbranched alkanes of at least 4 members (excludes halogenated alkanes) is 14. The van der Waals surface area contributed by atoms with Crippen LogP contribution in [0.4, 0.5) is 0 Å². The van der Waals surface area contributed by atoms with Crippen LogP contribution in [0.5, 0.6) is 0 Å². The summed E-state index contributed by atoms with van der Waals surface area (Å²) in [5.41, 5.74) is 0. The van der Waals surface area contributed by atoms with E-state index in [-0.39, 0.29) is 6.42 Å². The van der Waals surface area contributed by atoms with Gasteiger partial charge in [-0.25, -0.2) is 4.79 Å². The summed E-state index contributed by atoms with van der Waals surface area (Å²) < 4.78 is 9.25. The van der Waals surface area contributed by atoms with E-state index in [9.17, 15) is 30.0 Å². The molecule has 0 aromatic heterocycles. The van der Waals surface area contributed by atoms with E-state index in [1.54, 1.807) is 0 Å². The number of ether oxygens (including phenoxy) is 2. The van der Waals surface area contributed by atoms with Gasteiger partial charge in [0.1, 0.15) is 0 Å². The van der Waals surface area contributed by atoms with Gasteiger partial charge < -0.3 is 29.9 Å². The number of esters is 2. The minimum Gasteiger partial charge on any atom is -0.505 e. The van der Waals surface area contributed by atoms with E-state index < -0.39 is 42.0 Å². The maximum atomic E-state index is 11.8. The highest BCUT2D eigenvalue weighted by Crippen LogP contribution is 2.23. The van der Waals surface area contributed by atoms with Gasteiger partial charge in [0.15, 0.2) is 18.0 Å². The van der Waals surface area contributed by atoms with Crippen molar-refractivity contribution in [2.75, 3.05) is 0 Å². The number of aliphatic hydroxyl groups is 4. The Kier molecular flexibility index (Phi) is 14.8. The topological polar surface area (TPSA) is 134 Å². The minimum absolute atomic E-state index is 0.0968. The molecular weight excluding hydrogens is 416 g/mol. The second-order valence-electron chi connectivity index (χ2n) is 8.63. The van der Waals surface area contributed by atoms with Gasteiger partial charge in [-0.05, 0) is 6.42 Å². The Morgan fingerprint density at radius 3 is 1.69 bits per heavy atom. The Morgan fingerprint density at radius 2 is 1.28 bits per heavy atom. The molecule has 186 valence electrons. The molecule has 0 fully saturated rings. The molecule has 0 saturated carbocycles. The first-order valence-corrected chi connectivity index (χ1v) is 12.3. The van der Waals surface area contributed by atoms with E-state index in [1.807, 2.05) is 0 Å². The van der Waals surface area contributed by atoms with Crippen LogP contribution >= 0.6 is 0 Å². The number of carbonyl (C=O) groups excluding carboxylic acids is 2. The van der Waals surface area contributed by atoms with Crippen LogP contribution in [0.2, 0.25) is 0 Å². The molecule has 0 spiro atoms. The lowest BCUT2D eigenvalue weighted by Gasteiger charge is -2.22. The maximum Gasteiger partial charge on any atom is 0.377 e. The van der Waals surface area contributed by atoms with E-state index in [2.05, 4.69) is 11.7 Å². The van der Waals surface area contributed by atoms with Gasteiger partial charge in [-0.15, -0.1) is 0 Å². The van der Waals surface area contributed by atoms with Crippen molar-refractivity contribution in [1.82, 2.24) is 0 Å². The molecule has 8 nitrogen and oxygen atoms in total. The van der Waals surface area contributed by atoms with Crippen LogP contribution in [0.1, 0.15) is 110 Å². The van der Waals surface area contributed by atoms with Crippen molar-refractivity contribution >= 4 is 11.9 Å². The zero-order valence-electron chi connectivity index (χ0n) is 19.5. The number of rotatable bonds is 19. The van der Waals surface area contributed by atoms with Crippen LogP contribution in [0.25, 0.3) is 0 Å². The molecule has 1 aliphatic rings. The Labute approximate surface area is 191 Å². The number of hydrogen-bond donors (Lipinski definition) is 4. The fourth-order valence-corrected chi connectivity index (χ4v) is 3.75. The maximum absolute atomic E-state index is 11.8. The van der Waals surface area contributed by atoms with E-state index in [4.69, 9.17) is 4.74 Å². The van der Waals surface area contributed by atoms with Gasteiger partial charge in [0, 0.05) is 6.42 Å². The molecule has 3 atom stereocenters. The third-order valence-electron chi connectivity index (χ3n) is 5.78. The van der Waals surface area contributed by atoms with Gasteiger partial charge in [0.05, 0.1) is 0 Å². The zero-order chi connectivity index (χ0) is 23.8. The SMILES string of the molecule is CCCCCCCCCCCCCCCCCC(=O)OC(O)[C@H](O)[C@H]1OC(=O)C(O)=C1O. The predicted octanol–water partition coefficient (Wildman–Crippen LogP) is 4.72. The zero-order valence-corrected chi connectivity index (χ0v) is 19.5. The summed E-state index contributed by atoms with van der Waals surface area (Å²) in [6.07, 6.45) is 12.8. The monoisotopic (exact) mass is 458 g/mol. The normalized spacial score (nSPS) is 18.0. The fraction of sp³-hybridized carbons (Fsp3) is 0.833. The van der Waals surface area contributed by atoms with Crippen LogP contribution in [0, 0.1) is 0 Å². The summed E-state index contributed by atoms with van der Waals surface area (Å²) in [6, 6.07) is 0. The largest absolute Gasteiger partial charge is 0.505 e. The van der Waals surface area contributed by atoms with E-state index in [0.29, 0.717) is 6.42 Å². The van der Waals surface area contributed by atoms with Crippen LogP contribution in [0.3, 0.4) is 0 Å². The second kappa shape index (κ2) is 16.8. The highest BCUT2D eigenvalue weighted by Gasteiger charge is 2.43. The molecule has 0 amide bonds. The summed E-state index contributed by atoms with van der Waals surface area (Å²) in [5, 5.41) is 38.3. The molecule has 1 unspecified atom stereocenters. The van der Waals surface area contributed by atoms with Crippen LogP contribution in [0.15, 0.2) is 11.5 Å². The van der Waals surface area contributed by atoms with Gasteiger partial charge in [-0.1, -0.05) is 96.8 Å². The van der Waals surface area contributed by atoms with Crippen molar-refractivity contribution in [1.29, 1.82) is 0 Å². The average Bonchev–Trinajstić information content (AvgIpc) is 3.03. The van der Waals surface area contributed by atoms with Gasteiger partial charge in [-0.2, -0.15) is 0 Å². The molecular formula is C24H42O8. The van der Waals surface area contributed by atoms with Crippen molar-refractivity contribution in [2.45, 2.75) is 128 Å². The average molecular weight is 459 g/mol. The van der Waals surface area contributed by atoms with Crippen LogP contribution < -0.4 is 0 Å². The van der Waals surface area contributed by atoms with Crippen molar-refractivity contribution in [3.63, 3.8) is 0 Å². The summed E-state index contributed by atoms with van der Waals surface area (Å²) in [4.78, 5) is 22.9. The number of aliphatic hydroxyl groups excluding tert-OH is 4. The van der Waals surface area contributed by atoms with Crippen molar-refractivity contribution in [3.8, 4) is 0 Å². The molecule has 1 rings (SSSR count). The summed E-state index contributed by atoms with van der Waals surface area (Å²) in [5.74, 6) is -3.85. The van der Waals surface area contributed by atoms with Crippen LogP contribution in [-0.4, -0.2) is 50.9 Å². The molecule has 0 bridgehead atoms. The number of hydrogen-bond acceptors (Lipinski definition) is 8. The van der Waals surface area contributed by atoms with Gasteiger partial charge in [0.2, 0.25) is 12.0 Å². The highest BCUT2D eigenvalue weighted by molar-refractivity contribution is 5.89. The molecule has 0 saturated heterocycles. The van der Waals surface area contributed by atoms with Crippen molar-refractivity contribution < 1.29 is 39.5 Å². The molecule has 0 aromatic rings. The molecule has 1 heterocycles. The standard InChI is InChI=1S/C24H42O8/c1-2-3-4-5-6-7-8-9-10-11-12-13-14-15-16-17-18(25)31-24(30)21(28)22-19(26)20(27)23(29)32-22/h21-22,24,26-28,30H,2-17H2,1H3/t21-,22+,24?/m1/s1. The molecule has 0 aromatic carbocycles. The lowest BCUT2D eigenvalue weighted by molar-refractivity contribution is -0.200. The van der Waals surface area contributed by atoms with E-state index in [0.717, 1.165) is 19.3 Å². The smallest absolute Gasteiger partial charge is 0.377 e. The third kappa shape index (κ3) is 11.2. The Hall–Kier alpha value is -1.80. The van der Waals surface area contributed by atoms with Crippen LogP contribution in [-0.2, 0) is 19.1 Å². The summed E-state index contributed by atoms with van der Waals surface area (Å²) >= 11 is 0. The first-order valence-electron chi connectivity index (χ1n) is 12.3. The molecule has 8 heteroatoms. The third-order valence-corrected chi connectivity index (χ3v) is 5.78. The molecule has 4 N–H and O–H groups in total. The Balaban J connectivity index is 1.96. The molecule has 0 aliphatic carbocycles. The number of carbonyl (C=O) groups is 2. The highest BCUT2D eigenvalue weighted by atomic mass is 16.7. The van der Waals surface area contributed by atoms with Crippen molar-refractivity contribution in [3.05, 3.63) is 11.5 Å². The molecule has 0 radical (unpaired) electrons.